The summed E-state index contributed by atoms with van der Waals surface area (Å²) in [6.07, 6.45) is 2.99. The molecule has 10 heteroatoms. The molecule has 0 bridgehead atoms. The number of rotatable bonds is 5. The summed E-state index contributed by atoms with van der Waals surface area (Å²) in [6.45, 7) is 2.93. The van der Waals surface area contributed by atoms with Crippen LogP contribution in [0.3, 0.4) is 0 Å². The van der Waals surface area contributed by atoms with Gasteiger partial charge in [-0.05, 0) is 84.6 Å². The minimum atomic E-state index is -5.61. The molecule has 0 radical (unpaired) electrons. The van der Waals surface area contributed by atoms with Crippen LogP contribution >= 0.6 is 22.7 Å². The standard InChI is InChI=1S/C27H19F6NOS2/c1-14-19(12-21(36-14)16-4-6-18(35-3)7-5-16)23-24(26(30,31)27(32,33)25(23,28)29)20-13-22(37-15(20)2)17-8-10-34-11-9-17/h4-13H,1-3H3. The Morgan fingerprint density at radius 3 is 1.54 bits per heavy atom. The lowest BCUT2D eigenvalue weighted by atomic mass is 9.94. The predicted molar refractivity (Wildman–Crippen MR) is 135 cm³/mol. The predicted octanol–water partition coefficient (Wildman–Crippen LogP) is 8.99. The van der Waals surface area contributed by atoms with Gasteiger partial charge in [0.15, 0.2) is 0 Å². The van der Waals surface area contributed by atoms with Gasteiger partial charge in [0, 0.05) is 43.0 Å². The fraction of sp³-hybridized carbons (Fsp3) is 0.222. The van der Waals surface area contributed by atoms with Crippen molar-refractivity contribution in [2.75, 3.05) is 7.11 Å². The highest BCUT2D eigenvalue weighted by Crippen LogP contribution is 2.66. The first-order valence-corrected chi connectivity index (χ1v) is 12.7. The number of nitrogens with zero attached hydrogens (tertiary/aromatic N) is 1. The Morgan fingerprint density at radius 2 is 1.11 bits per heavy atom. The van der Waals surface area contributed by atoms with Crippen LogP contribution < -0.4 is 4.74 Å². The van der Waals surface area contributed by atoms with Crippen molar-refractivity contribution >= 4 is 33.8 Å². The normalized spacial score (nSPS) is 17.9. The van der Waals surface area contributed by atoms with Crippen LogP contribution in [-0.4, -0.2) is 29.9 Å². The molecule has 2 nitrogen and oxygen atoms in total. The van der Waals surface area contributed by atoms with Gasteiger partial charge >= 0.3 is 17.8 Å². The van der Waals surface area contributed by atoms with Gasteiger partial charge in [0.05, 0.1) is 7.11 Å². The van der Waals surface area contributed by atoms with E-state index >= 15 is 17.6 Å². The second-order valence-electron chi connectivity index (χ2n) is 8.60. The number of alkyl halides is 6. The highest BCUT2D eigenvalue weighted by atomic mass is 32.1. The number of thiophene rings is 2. The Morgan fingerprint density at radius 1 is 0.676 bits per heavy atom. The number of pyridine rings is 1. The number of hydrogen-bond acceptors (Lipinski definition) is 4. The fourth-order valence-corrected chi connectivity index (χ4v) is 6.51. The lowest BCUT2D eigenvalue weighted by Gasteiger charge is -2.25. The van der Waals surface area contributed by atoms with Crippen molar-refractivity contribution < 1.29 is 31.1 Å². The molecule has 0 saturated carbocycles. The first kappa shape index (κ1) is 25.5. The second kappa shape index (κ2) is 8.73. The number of aryl methyl sites for hydroxylation is 2. The van der Waals surface area contributed by atoms with Crippen LogP contribution in [0.15, 0.2) is 60.9 Å². The molecule has 0 saturated heterocycles. The Bertz CT molecular complexity index is 1500. The number of halogens is 6. The van der Waals surface area contributed by atoms with Gasteiger partial charge in [-0.3, -0.25) is 4.98 Å². The lowest BCUT2D eigenvalue weighted by Crippen LogP contribution is -2.48. The van der Waals surface area contributed by atoms with Gasteiger partial charge < -0.3 is 4.74 Å². The molecule has 0 spiro atoms. The van der Waals surface area contributed by atoms with Crippen LogP contribution in [0.5, 0.6) is 5.75 Å². The van der Waals surface area contributed by atoms with E-state index in [-0.39, 0.29) is 20.9 Å². The minimum Gasteiger partial charge on any atom is -0.497 e. The summed E-state index contributed by atoms with van der Waals surface area (Å²) >= 11 is 2.14. The van der Waals surface area contributed by atoms with E-state index in [1.807, 2.05) is 0 Å². The minimum absolute atomic E-state index is 0.230. The van der Waals surface area contributed by atoms with Crippen molar-refractivity contribution in [2.24, 2.45) is 0 Å². The van der Waals surface area contributed by atoms with E-state index in [0.717, 1.165) is 22.7 Å². The number of methoxy groups -OCH3 is 1. The molecule has 0 aliphatic heterocycles. The first-order chi connectivity index (χ1) is 17.4. The number of ether oxygens (including phenoxy) is 1. The maximum atomic E-state index is 15.4. The number of hydrogen-bond donors (Lipinski definition) is 0. The Balaban J connectivity index is 1.75. The van der Waals surface area contributed by atoms with Crippen LogP contribution in [0.2, 0.25) is 0 Å². The smallest absolute Gasteiger partial charge is 0.380 e. The summed E-state index contributed by atoms with van der Waals surface area (Å²) in [4.78, 5) is 5.34. The monoisotopic (exact) mass is 551 g/mol. The van der Waals surface area contributed by atoms with Gasteiger partial charge in [0.25, 0.3) is 0 Å². The van der Waals surface area contributed by atoms with Crippen molar-refractivity contribution in [3.63, 3.8) is 0 Å². The maximum absolute atomic E-state index is 15.4. The second-order valence-corrected chi connectivity index (χ2v) is 11.1. The molecular weight excluding hydrogens is 532 g/mol. The molecule has 5 rings (SSSR count). The van der Waals surface area contributed by atoms with Crippen LogP contribution in [0, 0.1) is 13.8 Å². The number of aromatic nitrogens is 1. The molecule has 3 aromatic heterocycles. The third kappa shape index (κ3) is 3.80. The van der Waals surface area contributed by atoms with E-state index in [1.165, 1.54) is 45.5 Å². The quantitative estimate of drug-likeness (QED) is 0.231. The van der Waals surface area contributed by atoms with Crippen molar-refractivity contribution in [1.29, 1.82) is 0 Å². The van der Waals surface area contributed by atoms with Crippen LogP contribution in [0.25, 0.3) is 32.0 Å². The van der Waals surface area contributed by atoms with Crippen molar-refractivity contribution in [3.05, 3.63) is 81.8 Å². The molecule has 0 fully saturated rings. The SMILES string of the molecule is COc1ccc(-c2cc(C3=C(c4cc(-c5ccncc5)sc4C)C(F)(F)C(F)(F)C3(F)F)c(C)s2)cc1. The zero-order valence-corrected chi connectivity index (χ0v) is 21.3. The van der Waals surface area contributed by atoms with E-state index in [1.54, 1.807) is 36.4 Å². The Hall–Kier alpha value is -3.11. The molecule has 37 heavy (non-hydrogen) atoms. The van der Waals surface area contributed by atoms with E-state index in [9.17, 15) is 8.78 Å². The summed E-state index contributed by atoms with van der Waals surface area (Å²) in [5.74, 6) is -15.2. The average molecular weight is 552 g/mol. The molecule has 192 valence electrons. The average Bonchev–Trinajstić information content (AvgIpc) is 3.47. The van der Waals surface area contributed by atoms with E-state index in [0.29, 0.717) is 26.6 Å². The molecule has 0 atom stereocenters. The molecule has 4 aromatic rings. The molecule has 0 unspecified atom stereocenters. The van der Waals surface area contributed by atoms with Crippen LogP contribution in [0.1, 0.15) is 20.9 Å². The topological polar surface area (TPSA) is 22.1 Å². The number of benzene rings is 1. The summed E-state index contributed by atoms with van der Waals surface area (Å²) < 4.78 is 96.1. The molecule has 0 amide bonds. The van der Waals surface area contributed by atoms with E-state index in [2.05, 4.69) is 4.98 Å². The fourth-order valence-electron chi connectivity index (χ4n) is 4.45. The zero-order chi connectivity index (χ0) is 26.8. The Labute approximate surface area is 216 Å². The molecular formula is C27H19F6NOS2. The molecule has 1 aliphatic rings. The Kier molecular flexibility index (Phi) is 6.03. The maximum Gasteiger partial charge on any atom is 0.380 e. The van der Waals surface area contributed by atoms with Crippen molar-refractivity contribution in [3.8, 4) is 26.6 Å². The highest BCUT2D eigenvalue weighted by Gasteiger charge is 2.80. The summed E-state index contributed by atoms with van der Waals surface area (Å²) in [5.41, 5.74) is -2.07. The van der Waals surface area contributed by atoms with Gasteiger partial charge in [0.2, 0.25) is 0 Å². The third-order valence-corrected chi connectivity index (χ3v) is 8.58. The van der Waals surface area contributed by atoms with Gasteiger partial charge in [-0.1, -0.05) is 0 Å². The number of allylic oxidation sites excluding steroid dienone is 2. The molecule has 3 heterocycles. The zero-order valence-electron chi connectivity index (χ0n) is 19.7. The van der Waals surface area contributed by atoms with E-state index < -0.39 is 28.9 Å². The van der Waals surface area contributed by atoms with E-state index in [4.69, 9.17) is 4.74 Å². The van der Waals surface area contributed by atoms with Gasteiger partial charge in [-0.15, -0.1) is 22.7 Å². The lowest BCUT2D eigenvalue weighted by molar-refractivity contribution is -0.254. The summed E-state index contributed by atoms with van der Waals surface area (Å²) in [7, 11) is 1.49. The summed E-state index contributed by atoms with van der Waals surface area (Å²) in [5, 5.41) is 0. The first-order valence-electron chi connectivity index (χ1n) is 11.0. The van der Waals surface area contributed by atoms with Crippen LogP contribution in [-0.2, 0) is 0 Å². The van der Waals surface area contributed by atoms with Crippen molar-refractivity contribution in [1.82, 2.24) is 4.98 Å². The van der Waals surface area contributed by atoms with Gasteiger partial charge in [-0.2, -0.15) is 26.3 Å². The molecule has 1 aromatic carbocycles. The van der Waals surface area contributed by atoms with Crippen molar-refractivity contribution in [2.45, 2.75) is 31.6 Å². The van der Waals surface area contributed by atoms with Gasteiger partial charge in [-0.25, -0.2) is 0 Å². The highest BCUT2D eigenvalue weighted by molar-refractivity contribution is 7.16. The van der Waals surface area contributed by atoms with Gasteiger partial charge in [0.1, 0.15) is 5.75 Å². The van der Waals surface area contributed by atoms with Crippen LogP contribution in [0.4, 0.5) is 26.3 Å². The third-order valence-electron chi connectivity index (χ3n) is 6.38. The largest absolute Gasteiger partial charge is 0.497 e. The summed E-state index contributed by atoms with van der Waals surface area (Å²) in [6, 6.07) is 12.5. The molecule has 1 aliphatic carbocycles. The molecule has 0 N–H and O–H groups in total.